The zero-order valence-electron chi connectivity index (χ0n) is 24.2. The third-order valence-corrected chi connectivity index (χ3v) is 6.64. The molecule has 6 nitrogen and oxygen atoms in total. The number of amides is 1. The number of carbonyl (C=O) groups excluding carboxylic acids is 2. The van der Waals surface area contributed by atoms with Gasteiger partial charge in [0.1, 0.15) is 11.5 Å². The molecule has 3 aromatic carbocycles. The first kappa shape index (κ1) is 31.5. The van der Waals surface area contributed by atoms with Gasteiger partial charge in [-0.3, -0.25) is 9.69 Å². The third-order valence-electron chi connectivity index (χ3n) is 6.64. The lowest BCUT2D eigenvalue weighted by molar-refractivity contribution is -0.274. The largest absolute Gasteiger partial charge is 0.573 e. The monoisotopic (exact) mass is 571 g/mol. The van der Waals surface area contributed by atoms with Crippen molar-refractivity contribution in [3.05, 3.63) is 77.9 Å². The summed E-state index contributed by atoms with van der Waals surface area (Å²) in [6, 6.07) is 18.1. The Balaban J connectivity index is 2.13. The molecule has 1 amide bonds. The first-order valence-electron chi connectivity index (χ1n) is 13.4. The van der Waals surface area contributed by atoms with Crippen molar-refractivity contribution < 1.29 is 37.0 Å². The van der Waals surface area contributed by atoms with Gasteiger partial charge in [-0.05, 0) is 65.3 Å². The Morgan fingerprint density at radius 3 is 1.95 bits per heavy atom. The van der Waals surface area contributed by atoms with E-state index in [1.165, 1.54) is 29.2 Å². The molecule has 9 heteroatoms. The number of ether oxygens (including phenoxy) is 3. The van der Waals surface area contributed by atoms with Gasteiger partial charge in [0.2, 0.25) is 0 Å². The van der Waals surface area contributed by atoms with Crippen LogP contribution in [-0.2, 0) is 26.3 Å². The molecule has 0 heterocycles. The molecule has 3 aromatic rings. The van der Waals surface area contributed by atoms with Crippen molar-refractivity contribution in [2.75, 3.05) is 12.0 Å². The van der Waals surface area contributed by atoms with Crippen molar-refractivity contribution in [2.45, 2.75) is 71.9 Å². The van der Waals surface area contributed by atoms with E-state index in [1.807, 2.05) is 38.1 Å². The first-order chi connectivity index (χ1) is 19.2. The number of alkyl halides is 3. The fourth-order valence-corrected chi connectivity index (χ4v) is 4.30. The Labute approximate surface area is 239 Å². The van der Waals surface area contributed by atoms with Crippen LogP contribution in [0.5, 0.6) is 11.5 Å². The summed E-state index contributed by atoms with van der Waals surface area (Å²) in [6.07, 6.45) is -3.34. The topological polar surface area (TPSA) is 65.1 Å². The number of carbonyl (C=O) groups is 2. The predicted octanol–water partition coefficient (Wildman–Crippen LogP) is 7.82. The maximum atomic E-state index is 13.3. The van der Waals surface area contributed by atoms with Gasteiger partial charge < -0.3 is 14.2 Å². The van der Waals surface area contributed by atoms with Gasteiger partial charge >= 0.3 is 18.2 Å². The molecule has 220 valence electrons. The van der Waals surface area contributed by atoms with E-state index < -0.39 is 18.2 Å². The van der Waals surface area contributed by atoms with Crippen molar-refractivity contribution in [1.29, 1.82) is 0 Å². The fourth-order valence-electron chi connectivity index (χ4n) is 4.30. The van der Waals surface area contributed by atoms with Crippen molar-refractivity contribution in [3.63, 3.8) is 0 Å². The van der Waals surface area contributed by atoms with Crippen molar-refractivity contribution in [1.82, 2.24) is 0 Å². The summed E-state index contributed by atoms with van der Waals surface area (Å²) in [5, 5.41) is 0. The van der Waals surface area contributed by atoms with E-state index in [-0.39, 0.29) is 23.8 Å². The van der Waals surface area contributed by atoms with Crippen LogP contribution in [0.3, 0.4) is 0 Å². The second-order valence-electron chi connectivity index (χ2n) is 10.6. The van der Waals surface area contributed by atoms with Gasteiger partial charge in [-0.15, -0.1) is 13.2 Å². The molecule has 0 fully saturated rings. The van der Waals surface area contributed by atoms with Crippen LogP contribution in [0.4, 0.5) is 18.9 Å². The number of hydrogen-bond acceptors (Lipinski definition) is 5. The average molecular weight is 572 g/mol. The molecule has 0 aliphatic rings. The Morgan fingerprint density at radius 1 is 0.854 bits per heavy atom. The number of nitrogens with zero attached hydrogens (tertiary/aromatic N) is 1. The molecule has 0 aliphatic carbocycles. The summed E-state index contributed by atoms with van der Waals surface area (Å²) in [5.41, 5.74) is 3.15. The zero-order valence-corrected chi connectivity index (χ0v) is 24.2. The number of benzene rings is 3. The highest BCUT2D eigenvalue weighted by molar-refractivity contribution is 6.38. The lowest BCUT2D eigenvalue weighted by Gasteiger charge is -2.26. The van der Waals surface area contributed by atoms with E-state index in [1.54, 1.807) is 18.2 Å². The molecule has 0 aliphatic heterocycles. The van der Waals surface area contributed by atoms with E-state index in [9.17, 15) is 22.8 Å². The summed E-state index contributed by atoms with van der Waals surface area (Å²) in [4.78, 5) is 27.1. The van der Waals surface area contributed by atoms with Gasteiger partial charge in [0.05, 0.1) is 25.4 Å². The second kappa shape index (κ2) is 13.1. The van der Waals surface area contributed by atoms with Crippen LogP contribution in [0.15, 0.2) is 66.7 Å². The van der Waals surface area contributed by atoms with Crippen LogP contribution in [0, 0.1) is 0 Å². The number of rotatable bonds is 9. The molecule has 3 rings (SSSR count). The average Bonchev–Trinajstić information content (AvgIpc) is 2.93. The molecule has 0 aromatic heterocycles. The smallest absolute Gasteiger partial charge is 0.490 e. The Morgan fingerprint density at radius 2 is 1.44 bits per heavy atom. The lowest BCUT2D eigenvalue weighted by atomic mass is 9.86. The zero-order chi connectivity index (χ0) is 30.4. The normalized spacial score (nSPS) is 11.8. The molecule has 0 saturated carbocycles. The lowest BCUT2D eigenvalue weighted by Crippen LogP contribution is -2.37. The van der Waals surface area contributed by atoms with Crippen molar-refractivity contribution in [3.8, 4) is 22.6 Å². The van der Waals surface area contributed by atoms with E-state index in [2.05, 4.69) is 25.5 Å². The number of hydrogen-bond donors (Lipinski definition) is 0. The fraction of sp³-hybridized carbons (Fsp3) is 0.375. The van der Waals surface area contributed by atoms with Gasteiger partial charge in [-0.25, -0.2) is 4.79 Å². The van der Waals surface area contributed by atoms with Crippen molar-refractivity contribution >= 4 is 17.6 Å². The van der Waals surface area contributed by atoms with Gasteiger partial charge in [0.15, 0.2) is 0 Å². The van der Waals surface area contributed by atoms with Crippen LogP contribution in [-0.4, -0.2) is 31.5 Å². The Bertz CT molecular complexity index is 1330. The van der Waals surface area contributed by atoms with Crippen LogP contribution >= 0.6 is 0 Å². The van der Waals surface area contributed by atoms with Crippen LogP contribution in [0.2, 0.25) is 0 Å². The highest BCUT2D eigenvalue weighted by Gasteiger charge is 2.31. The quantitative estimate of drug-likeness (QED) is 0.194. The molecular weight excluding hydrogens is 535 g/mol. The summed E-state index contributed by atoms with van der Waals surface area (Å²) < 4.78 is 53.1. The minimum absolute atomic E-state index is 0.0490. The predicted molar refractivity (Wildman–Crippen MR) is 152 cm³/mol. The molecule has 0 saturated heterocycles. The molecule has 0 radical (unpaired) electrons. The molecule has 0 bridgehead atoms. The molecule has 0 spiro atoms. The van der Waals surface area contributed by atoms with Crippen molar-refractivity contribution in [2.24, 2.45) is 0 Å². The second-order valence-corrected chi connectivity index (χ2v) is 10.6. The van der Waals surface area contributed by atoms with E-state index >= 15 is 0 Å². The molecule has 0 N–H and O–H groups in total. The third kappa shape index (κ3) is 8.49. The molecule has 41 heavy (non-hydrogen) atoms. The summed E-state index contributed by atoms with van der Waals surface area (Å²) in [5.74, 6) is -1.80. The van der Waals surface area contributed by atoms with Gasteiger partial charge in [-0.1, -0.05) is 71.0 Å². The maximum absolute atomic E-state index is 13.3. The number of esters is 1. The molecule has 0 unspecified atom stereocenters. The van der Waals surface area contributed by atoms with Gasteiger partial charge in [-0.2, -0.15) is 0 Å². The Hall–Kier alpha value is -4.01. The van der Waals surface area contributed by atoms with Crippen LogP contribution in [0.1, 0.15) is 58.6 Å². The molecular formula is C32H36F3NO5. The number of halogens is 3. The highest BCUT2D eigenvalue weighted by atomic mass is 19.4. The van der Waals surface area contributed by atoms with Crippen LogP contribution in [0.25, 0.3) is 11.1 Å². The van der Waals surface area contributed by atoms with E-state index in [0.717, 1.165) is 31.1 Å². The SMILES string of the molecule is CCC(CC)Oc1ccc(N(Cc2ccc(C(C)(C)C)cc2)C(=O)C(=O)OC)c(-c2ccc(OC(F)(F)F)cc2)c1. The summed E-state index contributed by atoms with van der Waals surface area (Å²) in [7, 11) is 1.13. The van der Waals surface area contributed by atoms with Crippen LogP contribution < -0.4 is 14.4 Å². The number of methoxy groups -OCH3 is 1. The van der Waals surface area contributed by atoms with E-state index in [4.69, 9.17) is 9.47 Å². The first-order valence-corrected chi connectivity index (χ1v) is 13.4. The summed E-state index contributed by atoms with van der Waals surface area (Å²) >= 11 is 0. The highest BCUT2D eigenvalue weighted by Crippen LogP contribution is 2.37. The minimum Gasteiger partial charge on any atom is -0.490 e. The Kier molecular flexibility index (Phi) is 10.1. The van der Waals surface area contributed by atoms with E-state index in [0.29, 0.717) is 22.6 Å². The summed E-state index contributed by atoms with van der Waals surface area (Å²) in [6.45, 7) is 10.3. The molecule has 0 atom stereocenters. The van der Waals surface area contributed by atoms with Gasteiger partial charge in [0.25, 0.3) is 0 Å². The standard InChI is InChI=1S/C32H36F3NO5/c1-7-24(8-2)40-26-17-18-28(27(19-26)22-11-15-25(16-12-22)41-32(33,34)35)36(29(37)30(38)39-6)20-21-9-13-23(14-10-21)31(3,4)5/h9-19,24H,7-8,20H2,1-6H3. The minimum atomic E-state index is -4.83. The maximum Gasteiger partial charge on any atom is 0.573 e. The number of anilines is 1. The van der Waals surface area contributed by atoms with Gasteiger partial charge in [0, 0.05) is 5.56 Å².